The van der Waals surface area contributed by atoms with E-state index in [0.29, 0.717) is 10.8 Å². The van der Waals surface area contributed by atoms with Gasteiger partial charge in [-0.2, -0.15) is 0 Å². The molecular weight excluding hydrogens is 322 g/mol. The van der Waals surface area contributed by atoms with Crippen LogP contribution in [0.5, 0.6) is 5.75 Å². The molecule has 1 rings (SSSR count). The molecule has 12 heavy (non-hydrogen) atoms. The van der Waals surface area contributed by atoms with Crippen molar-refractivity contribution in [2.45, 2.75) is 0 Å². The Kier molecular flexibility index (Phi) is 6.30. The molecule has 1 aromatic carbocycles. The first-order chi connectivity index (χ1) is 5.18. The van der Waals surface area contributed by atoms with Gasteiger partial charge in [0.2, 0.25) is 0 Å². The predicted octanol–water partition coefficient (Wildman–Crippen LogP) is 0.856. The van der Waals surface area contributed by atoms with Crippen LogP contribution in [0.2, 0.25) is 5.02 Å². The third-order valence-corrected chi connectivity index (χ3v) is 2.13. The molecule has 1 unspecified atom stereocenters. The van der Waals surface area contributed by atoms with Crippen LogP contribution in [0.15, 0.2) is 24.3 Å². The Labute approximate surface area is 99.0 Å². The van der Waals surface area contributed by atoms with Crippen molar-refractivity contribution in [1.29, 1.82) is 0 Å². The van der Waals surface area contributed by atoms with E-state index in [9.17, 15) is 3.74 Å². The van der Waals surface area contributed by atoms with Crippen molar-refractivity contribution in [1.82, 2.24) is 0 Å². The van der Waals surface area contributed by atoms with Gasteiger partial charge in [0.05, 0.1) is 0 Å². The molecule has 0 amide bonds. The van der Waals surface area contributed by atoms with Crippen molar-refractivity contribution in [3.05, 3.63) is 29.3 Å². The summed E-state index contributed by atoms with van der Waals surface area (Å²) >= 11 is 2.12. The van der Waals surface area contributed by atoms with Crippen molar-refractivity contribution in [2.24, 2.45) is 0 Å². The standard InChI is InChI=1S/C6H6AsClO3.Zr/c8-5-1-3-6(4-2-5)11-7(9)10;/h1-4,7H,(H,9,10);. The Bertz CT molecular complexity index is 264. The minimum Gasteiger partial charge on any atom is 0 e. The molecule has 0 heterocycles. The number of benzene rings is 1. The minimum atomic E-state index is -3.44. The Balaban J connectivity index is 0.00000121. The third-order valence-electron chi connectivity index (χ3n) is 1.02. The molecule has 0 saturated carbocycles. The maximum absolute atomic E-state index is 10.2. The summed E-state index contributed by atoms with van der Waals surface area (Å²) < 4.78 is 23.3. The van der Waals surface area contributed by atoms with Crippen LogP contribution in [0.3, 0.4) is 0 Å². The molecule has 0 fully saturated rings. The second-order valence-electron chi connectivity index (χ2n) is 1.82. The molecule has 0 aliphatic heterocycles. The van der Waals surface area contributed by atoms with E-state index >= 15 is 0 Å². The van der Waals surface area contributed by atoms with Crippen molar-refractivity contribution >= 4 is 26.9 Å². The average Bonchev–Trinajstić information content (AvgIpc) is 1.93. The first kappa shape index (κ1) is 12.5. The van der Waals surface area contributed by atoms with Gasteiger partial charge in [-0.3, -0.25) is 0 Å². The quantitative estimate of drug-likeness (QED) is 0.820. The average molecular weight is 328 g/mol. The number of hydrogen-bond donors (Lipinski definition) is 1. The number of halogens is 1. The molecular formula is C6H6AsClO3Zr. The van der Waals surface area contributed by atoms with E-state index in [4.69, 9.17) is 15.7 Å². The van der Waals surface area contributed by atoms with Crippen molar-refractivity contribution in [2.75, 3.05) is 0 Å². The molecule has 0 aliphatic rings. The van der Waals surface area contributed by atoms with Gasteiger partial charge in [0.15, 0.2) is 0 Å². The fraction of sp³-hybridized carbons (Fsp3) is 0. The summed E-state index contributed by atoms with van der Waals surface area (Å²) in [5.74, 6) is 0.377. The van der Waals surface area contributed by atoms with Crippen molar-refractivity contribution < 1.29 is 37.8 Å². The van der Waals surface area contributed by atoms with Crippen LogP contribution < -0.4 is 3.73 Å². The van der Waals surface area contributed by atoms with Gasteiger partial charge in [0, 0.05) is 26.2 Å². The van der Waals surface area contributed by atoms with Gasteiger partial charge >= 0.3 is 73.5 Å². The van der Waals surface area contributed by atoms with E-state index in [1.54, 1.807) is 24.3 Å². The summed E-state index contributed by atoms with van der Waals surface area (Å²) in [6, 6.07) is 6.28. The summed E-state index contributed by atoms with van der Waals surface area (Å²) in [6.45, 7) is 0. The zero-order chi connectivity index (χ0) is 8.27. The molecule has 1 atom stereocenters. The third kappa shape index (κ3) is 4.52. The molecule has 0 saturated heterocycles. The molecule has 0 bridgehead atoms. The Morgan fingerprint density at radius 1 is 1.33 bits per heavy atom. The summed E-state index contributed by atoms with van der Waals surface area (Å²) in [6.07, 6.45) is 0. The fourth-order valence-corrected chi connectivity index (χ4v) is 1.44. The Morgan fingerprint density at radius 2 is 1.83 bits per heavy atom. The van der Waals surface area contributed by atoms with E-state index in [2.05, 4.69) is 3.73 Å². The SMILES string of the molecule is O=[AsH](O)Oc1ccc(Cl)cc1.[Zr]. The van der Waals surface area contributed by atoms with Gasteiger partial charge < -0.3 is 0 Å². The maximum atomic E-state index is 10.2. The normalized spacial score (nSPS) is 11.5. The summed E-state index contributed by atoms with van der Waals surface area (Å²) in [5.41, 5.74) is 0. The van der Waals surface area contributed by atoms with Crippen LogP contribution in [-0.2, 0) is 29.9 Å². The molecule has 0 aromatic heterocycles. The van der Waals surface area contributed by atoms with Gasteiger partial charge in [-0.15, -0.1) is 0 Å². The maximum Gasteiger partial charge on any atom is 0 e. The fourth-order valence-electron chi connectivity index (χ4n) is 0.603. The predicted molar refractivity (Wildman–Crippen MR) is 42.1 cm³/mol. The van der Waals surface area contributed by atoms with Gasteiger partial charge in [-0.1, -0.05) is 0 Å². The monoisotopic (exact) mass is 326 g/mol. The van der Waals surface area contributed by atoms with Gasteiger partial charge in [0.1, 0.15) is 0 Å². The van der Waals surface area contributed by atoms with Crippen molar-refractivity contribution in [3.8, 4) is 5.75 Å². The molecule has 0 radical (unpaired) electrons. The van der Waals surface area contributed by atoms with E-state index in [1.807, 2.05) is 0 Å². The zero-order valence-corrected chi connectivity index (χ0v) is 11.3. The topological polar surface area (TPSA) is 46.5 Å². The van der Waals surface area contributed by atoms with Crippen molar-refractivity contribution in [3.63, 3.8) is 0 Å². The summed E-state index contributed by atoms with van der Waals surface area (Å²) in [5, 5.41) is 0.572. The second-order valence-corrected chi connectivity index (χ2v) is 3.80. The molecule has 1 N–H and O–H groups in total. The first-order valence-corrected chi connectivity index (χ1v) is 5.88. The second kappa shape index (κ2) is 6.04. The number of hydrogen-bond acceptors (Lipinski definition) is 2. The smallest absolute Gasteiger partial charge is 0 e. The zero-order valence-electron chi connectivity index (χ0n) is 5.95. The van der Waals surface area contributed by atoms with Crippen LogP contribution in [0, 0.1) is 0 Å². The van der Waals surface area contributed by atoms with E-state index in [-0.39, 0.29) is 26.2 Å². The Hall–Kier alpha value is 0.512. The van der Waals surface area contributed by atoms with E-state index in [0.717, 1.165) is 0 Å². The van der Waals surface area contributed by atoms with Crippen LogP contribution in [0.1, 0.15) is 0 Å². The summed E-state index contributed by atoms with van der Waals surface area (Å²) in [4.78, 5) is 0. The minimum absolute atomic E-state index is 0. The van der Waals surface area contributed by atoms with Crippen LogP contribution >= 0.6 is 11.6 Å². The van der Waals surface area contributed by atoms with E-state index < -0.39 is 15.3 Å². The van der Waals surface area contributed by atoms with Crippen LogP contribution in [0.25, 0.3) is 0 Å². The molecule has 3 nitrogen and oxygen atoms in total. The van der Waals surface area contributed by atoms with Crippen LogP contribution in [0.4, 0.5) is 0 Å². The summed E-state index contributed by atoms with van der Waals surface area (Å²) in [7, 11) is 0. The Morgan fingerprint density at radius 3 is 2.25 bits per heavy atom. The molecule has 0 aliphatic carbocycles. The largest absolute Gasteiger partial charge is 0 e. The van der Waals surface area contributed by atoms with Gasteiger partial charge in [-0.05, 0) is 0 Å². The molecule has 0 spiro atoms. The number of rotatable bonds is 2. The molecule has 64 valence electrons. The van der Waals surface area contributed by atoms with Gasteiger partial charge in [0.25, 0.3) is 0 Å². The molecule has 6 heteroatoms. The van der Waals surface area contributed by atoms with E-state index in [1.165, 1.54) is 0 Å². The van der Waals surface area contributed by atoms with Gasteiger partial charge in [-0.25, -0.2) is 0 Å². The first-order valence-electron chi connectivity index (χ1n) is 2.85. The molecule has 1 aromatic rings. The van der Waals surface area contributed by atoms with Crippen LogP contribution in [-0.4, -0.2) is 19.4 Å².